The van der Waals surface area contributed by atoms with Gasteiger partial charge in [0.2, 0.25) is 5.89 Å². The average molecular weight is 427 g/mol. The lowest BCUT2D eigenvalue weighted by Crippen LogP contribution is -2.39. The van der Waals surface area contributed by atoms with Crippen molar-refractivity contribution in [1.29, 1.82) is 0 Å². The molecule has 0 radical (unpaired) electrons. The van der Waals surface area contributed by atoms with E-state index in [2.05, 4.69) is 5.10 Å². The molecule has 3 aromatic rings. The summed E-state index contributed by atoms with van der Waals surface area (Å²) in [6.07, 6.45) is 0. The van der Waals surface area contributed by atoms with Gasteiger partial charge in [-0.2, -0.15) is 4.68 Å². The van der Waals surface area contributed by atoms with Crippen LogP contribution in [0.2, 0.25) is 0 Å². The minimum absolute atomic E-state index is 0.0530. The summed E-state index contributed by atoms with van der Waals surface area (Å²) in [7, 11) is 0. The third-order valence-corrected chi connectivity index (χ3v) is 4.47. The Labute approximate surface area is 177 Å². The van der Waals surface area contributed by atoms with Gasteiger partial charge in [0.05, 0.1) is 0 Å². The van der Waals surface area contributed by atoms with Gasteiger partial charge in [0.15, 0.2) is 6.61 Å². The minimum Gasteiger partial charge on any atom is -0.454 e. The molecule has 0 atom stereocenters. The lowest BCUT2D eigenvalue weighted by atomic mass is 10.2. The number of carbonyl (C=O) groups excluding carboxylic acids is 2. The van der Waals surface area contributed by atoms with Gasteiger partial charge < -0.3 is 14.1 Å². The smallest absolute Gasteiger partial charge is 0.437 e. The van der Waals surface area contributed by atoms with E-state index in [0.717, 1.165) is 10.2 Å². The van der Waals surface area contributed by atoms with E-state index < -0.39 is 30.7 Å². The molecule has 0 bridgehead atoms. The molecule has 2 aromatic carbocycles. The van der Waals surface area contributed by atoms with Crippen LogP contribution in [0.3, 0.4) is 0 Å². The van der Waals surface area contributed by atoms with Crippen LogP contribution < -0.4 is 5.76 Å². The molecule has 0 aliphatic rings. The monoisotopic (exact) mass is 427 g/mol. The van der Waals surface area contributed by atoms with Gasteiger partial charge in [-0.25, -0.2) is 9.18 Å². The van der Waals surface area contributed by atoms with Gasteiger partial charge in [-0.1, -0.05) is 30.3 Å². The second kappa shape index (κ2) is 9.84. The molecule has 9 heteroatoms. The van der Waals surface area contributed by atoms with E-state index >= 15 is 0 Å². The van der Waals surface area contributed by atoms with Gasteiger partial charge in [0.25, 0.3) is 5.91 Å². The first-order chi connectivity index (χ1) is 14.8. The Morgan fingerprint density at radius 2 is 1.81 bits per heavy atom. The molecule has 8 nitrogen and oxygen atoms in total. The number of benzene rings is 2. The molecule has 0 fully saturated rings. The van der Waals surface area contributed by atoms with Crippen LogP contribution in [0.5, 0.6) is 0 Å². The third-order valence-electron chi connectivity index (χ3n) is 4.47. The molecule has 1 aromatic heterocycles. The molecular weight excluding hydrogens is 405 g/mol. The van der Waals surface area contributed by atoms with Crippen LogP contribution >= 0.6 is 0 Å². The van der Waals surface area contributed by atoms with Crippen LogP contribution in [-0.4, -0.2) is 39.2 Å². The van der Waals surface area contributed by atoms with Crippen molar-refractivity contribution in [2.75, 3.05) is 6.61 Å². The van der Waals surface area contributed by atoms with Crippen LogP contribution in [0.1, 0.15) is 19.4 Å². The molecular formula is C22H22FN3O5. The molecule has 1 amide bonds. The predicted molar refractivity (Wildman–Crippen MR) is 109 cm³/mol. The fourth-order valence-corrected chi connectivity index (χ4v) is 2.85. The van der Waals surface area contributed by atoms with Gasteiger partial charge in [-0.05, 0) is 43.7 Å². The zero-order valence-corrected chi connectivity index (χ0v) is 17.2. The van der Waals surface area contributed by atoms with E-state index in [1.807, 2.05) is 44.2 Å². The highest BCUT2D eigenvalue weighted by Gasteiger charge is 2.20. The Balaban J connectivity index is 1.58. The van der Waals surface area contributed by atoms with Crippen molar-refractivity contribution in [3.8, 4) is 11.5 Å². The Bertz CT molecular complexity index is 1090. The van der Waals surface area contributed by atoms with Crippen molar-refractivity contribution in [3.05, 3.63) is 76.5 Å². The number of rotatable bonds is 8. The van der Waals surface area contributed by atoms with Gasteiger partial charge >= 0.3 is 11.7 Å². The normalized spacial score (nSPS) is 10.8. The Morgan fingerprint density at radius 3 is 2.45 bits per heavy atom. The van der Waals surface area contributed by atoms with Crippen LogP contribution in [0.15, 0.2) is 63.8 Å². The molecule has 0 spiro atoms. The number of aromatic nitrogens is 2. The van der Waals surface area contributed by atoms with E-state index in [1.165, 1.54) is 24.3 Å². The lowest BCUT2D eigenvalue weighted by Gasteiger charge is -2.26. The summed E-state index contributed by atoms with van der Waals surface area (Å²) in [6.45, 7) is 3.15. The summed E-state index contributed by atoms with van der Waals surface area (Å²) in [4.78, 5) is 38.2. The Hall–Kier alpha value is -3.75. The molecule has 0 unspecified atom stereocenters. The molecule has 0 saturated heterocycles. The number of halogens is 1. The van der Waals surface area contributed by atoms with Crippen molar-refractivity contribution >= 4 is 11.9 Å². The number of nitrogens with zero attached hydrogens (tertiary/aromatic N) is 3. The van der Waals surface area contributed by atoms with Crippen molar-refractivity contribution in [2.45, 2.75) is 33.0 Å². The van der Waals surface area contributed by atoms with Crippen molar-refractivity contribution in [1.82, 2.24) is 14.7 Å². The van der Waals surface area contributed by atoms with Crippen molar-refractivity contribution in [3.63, 3.8) is 0 Å². The molecule has 0 aliphatic carbocycles. The molecule has 31 heavy (non-hydrogen) atoms. The molecule has 162 valence electrons. The summed E-state index contributed by atoms with van der Waals surface area (Å²) < 4.78 is 23.9. The number of hydrogen-bond donors (Lipinski definition) is 0. The van der Waals surface area contributed by atoms with Crippen LogP contribution in [0.4, 0.5) is 4.39 Å². The highest BCUT2D eigenvalue weighted by atomic mass is 19.1. The Morgan fingerprint density at radius 1 is 1.13 bits per heavy atom. The zero-order chi connectivity index (χ0) is 22.4. The second-order valence-corrected chi connectivity index (χ2v) is 7.10. The highest BCUT2D eigenvalue weighted by molar-refractivity contribution is 5.80. The second-order valence-electron chi connectivity index (χ2n) is 7.10. The number of carbonyl (C=O) groups is 2. The summed E-state index contributed by atoms with van der Waals surface area (Å²) in [6, 6.07) is 14.6. The summed E-state index contributed by atoms with van der Waals surface area (Å²) in [5.74, 6) is -2.52. The number of ether oxygens (including phenoxy) is 1. The molecule has 1 heterocycles. The van der Waals surface area contributed by atoms with E-state index in [1.54, 1.807) is 4.90 Å². The number of hydrogen-bond acceptors (Lipinski definition) is 6. The summed E-state index contributed by atoms with van der Waals surface area (Å²) >= 11 is 0. The standard InChI is InChI=1S/C22H22FN3O5/c1-15(2)25(12-16-6-4-3-5-7-16)19(27)14-30-20(28)13-26-22(29)31-21(24-26)17-8-10-18(23)11-9-17/h3-11,15H,12-14H2,1-2H3. The van der Waals surface area contributed by atoms with E-state index in [0.29, 0.717) is 12.1 Å². The lowest BCUT2D eigenvalue weighted by molar-refractivity contribution is -0.153. The maximum Gasteiger partial charge on any atom is 0.437 e. The first-order valence-corrected chi connectivity index (χ1v) is 9.66. The van der Waals surface area contributed by atoms with Crippen LogP contribution in [0, 0.1) is 5.82 Å². The van der Waals surface area contributed by atoms with Crippen molar-refractivity contribution in [2.24, 2.45) is 0 Å². The van der Waals surface area contributed by atoms with Crippen LogP contribution in [-0.2, 0) is 27.4 Å². The zero-order valence-electron chi connectivity index (χ0n) is 17.2. The first kappa shape index (κ1) is 21.9. The SMILES string of the molecule is CC(C)N(Cc1ccccc1)C(=O)COC(=O)Cn1nc(-c2ccc(F)cc2)oc1=O. The van der Waals surface area contributed by atoms with Gasteiger partial charge in [0.1, 0.15) is 12.4 Å². The number of amides is 1. The summed E-state index contributed by atoms with van der Waals surface area (Å²) in [5, 5.41) is 3.91. The van der Waals surface area contributed by atoms with Gasteiger partial charge in [-0.3, -0.25) is 9.59 Å². The fourth-order valence-electron chi connectivity index (χ4n) is 2.85. The topological polar surface area (TPSA) is 94.6 Å². The maximum absolute atomic E-state index is 13.0. The van der Waals surface area contributed by atoms with E-state index in [4.69, 9.17) is 9.15 Å². The molecule has 0 saturated carbocycles. The predicted octanol–water partition coefficient (Wildman–Crippen LogP) is 2.62. The summed E-state index contributed by atoms with van der Waals surface area (Å²) in [5.41, 5.74) is 1.34. The highest BCUT2D eigenvalue weighted by Crippen LogP contribution is 2.15. The van der Waals surface area contributed by atoms with Crippen molar-refractivity contribution < 1.29 is 23.1 Å². The maximum atomic E-state index is 13.0. The average Bonchev–Trinajstić information content (AvgIpc) is 3.11. The molecule has 3 rings (SSSR count). The Kier molecular flexibility index (Phi) is 6.96. The number of esters is 1. The fraction of sp³-hybridized carbons (Fsp3) is 0.273. The molecule has 0 aliphatic heterocycles. The minimum atomic E-state index is -0.865. The van der Waals surface area contributed by atoms with Gasteiger partial charge in [0, 0.05) is 18.2 Å². The largest absolute Gasteiger partial charge is 0.454 e. The molecule has 0 N–H and O–H groups in total. The quantitative estimate of drug-likeness (QED) is 0.513. The van der Waals surface area contributed by atoms with Gasteiger partial charge in [-0.15, -0.1) is 5.10 Å². The van der Waals surface area contributed by atoms with E-state index in [9.17, 15) is 18.8 Å². The first-order valence-electron chi connectivity index (χ1n) is 9.66. The third kappa shape index (κ3) is 5.88. The van der Waals surface area contributed by atoms with Crippen LogP contribution in [0.25, 0.3) is 11.5 Å². The van der Waals surface area contributed by atoms with E-state index in [-0.39, 0.29) is 17.8 Å².